The van der Waals surface area contributed by atoms with E-state index in [0.717, 1.165) is 16.8 Å². The number of nitrogens with one attached hydrogen (secondary N) is 2. The molecule has 0 saturated heterocycles. The molecule has 0 bridgehead atoms. The smallest absolute Gasteiger partial charge is 0.411 e. The zero-order valence-electron chi connectivity index (χ0n) is 17.1. The average molecular weight is 398 g/mol. The van der Waals surface area contributed by atoms with E-state index in [1.54, 1.807) is 19.1 Å². The molecule has 0 unspecified atom stereocenters. The molecule has 2 amide bonds. The molecule has 7 nitrogen and oxygen atoms in total. The largest absolute Gasteiger partial charge is 0.452 e. The number of hydrogen-bond donors (Lipinski definition) is 2. The summed E-state index contributed by atoms with van der Waals surface area (Å²) in [5.41, 5.74) is 3.30. The Balaban J connectivity index is 1.98. The van der Waals surface area contributed by atoms with E-state index in [-0.39, 0.29) is 18.1 Å². The van der Waals surface area contributed by atoms with Crippen molar-refractivity contribution in [2.75, 3.05) is 23.8 Å². The van der Waals surface area contributed by atoms with Gasteiger partial charge in [-0.25, -0.2) is 9.59 Å². The maximum Gasteiger partial charge on any atom is 0.411 e. The van der Waals surface area contributed by atoms with Crippen LogP contribution in [-0.4, -0.2) is 31.2 Å². The second-order valence-corrected chi connectivity index (χ2v) is 6.74. The molecule has 0 aliphatic carbocycles. The summed E-state index contributed by atoms with van der Waals surface area (Å²) in [6.45, 7) is 7.51. The first-order valence-corrected chi connectivity index (χ1v) is 9.42. The van der Waals surface area contributed by atoms with Gasteiger partial charge in [0.1, 0.15) is 0 Å². The van der Waals surface area contributed by atoms with Crippen molar-refractivity contribution in [3.63, 3.8) is 0 Å². The van der Waals surface area contributed by atoms with Gasteiger partial charge < -0.3 is 14.8 Å². The van der Waals surface area contributed by atoms with Crippen LogP contribution in [0.25, 0.3) is 0 Å². The molecule has 0 saturated carbocycles. The highest BCUT2D eigenvalue weighted by Gasteiger charge is 2.15. The predicted molar refractivity (Wildman–Crippen MR) is 111 cm³/mol. The number of benzene rings is 2. The molecule has 29 heavy (non-hydrogen) atoms. The molecule has 2 N–H and O–H groups in total. The van der Waals surface area contributed by atoms with E-state index in [2.05, 4.69) is 10.6 Å². The van der Waals surface area contributed by atoms with Crippen LogP contribution in [0.1, 0.15) is 48.2 Å². The van der Waals surface area contributed by atoms with Crippen LogP contribution in [0, 0.1) is 6.92 Å². The molecule has 0 aliphatic heterocycles. The summed E-state index contributed by atoms with van der Waals surface area (Å²) >= 11 is 0. The highest BCUT2D eigenvalue weighted by Crippen LogP contribution is 2.27. The lowest BCUT2D eigenvalue weighted by Gasteiger charge is -2.16. The number of carbonyl (C=O) groups excluding carboxylic acids is 3. The Bertz CT molecular complexity index is 893. The lowest BCUT2D eigenvalue weighted by atomic mass is 9.98. The maximum atomic E-state index is 12.3. The molecule has 2 aromatic rings. The van der Waals surface area contributed by atoms with Gasteiger partial charge >= 0.3 is 12.1 Å². The van der Waals surface area contributed by atoms with Crippen LogP contribution < -0.4 is 10.6 Å². The van der Waals surface area contributed by atoms with Gasteiger partial charge in [-0.05, 0) is 49.1 Å². The van der Waals surface area contributed by atoms with Crippen molar-refractivity contribution >= 4 is 29.3 Å². The summed E-state index contributed by atoms with van der Waals surface area (Å²) < 4.78 is 9.91. The summed E-state index contributed by atoms with van der Waals surface area (Å²) in [5, 5.41) is 5.34. The van der Waals surface area contributed by atoms with Gasteiger partial charge in [-0.1, -0.05) is 38.1 Å². The first-order valence-electron chi connectivity index (χ1n) is 9.42. The maximum absolute atomic E-state index is 12.3. The Morgan fingerprint density at radius 2 is 1.72 bits per heavy atom. The average Bonchev–Trinajstić information content (AvgIpc) is 2.67. The Kier molecular flexibility index (Phi) is 7.77. The fraction of sp³-hybridized carbons (Fsp3) is 0.318. The highest BCUT2D eigenvalue weighted by atomic mass is 16.5. The first-order chi connectivity index (χ1) is 13.8. The number of ether oxygens (including phenoxy) is 2. The number of esters is 1. The normalized spacial score (nSPS) is 10.4. The van der Waals surface area contributed by atoms with Crippen molar-refractivity contribution < 1.29 is 23.9 Å². The molecular weight excluding hydrogens is 372 g/mol. The molecule has 0 heterocycles. The predicted octanol–water partition coefficient (Wildman–Crippen LogP) is 4.48. The van der Waals surface area contributed by atoms with Crippen LogP contribution in [0.15, 0.2) is 42.5 Å². The third kappa shape index (κ3) is 6.34. The van der Waals surface area contributed by atoms with Crippen LogP contribution in [0.3, 0.4) is 0 Å². The van der Waals surface area contributed by atoms with Crippen molar-refractivity contribution in [3.8, 4) is 0 Å². The summed E-state index contributed by atoms with van der Waals surface area (Å²) in [6, 6.07) is 12.0. The van der Waals surface area contributed by atoms with Gasteiger partial charge in [-0.2, -0.15) is 0 Å². The SMILES string of the molecule is CCOC(=O)Nc1cccc(C(=O)OCC(=O)Nc2c(C)cccc2C(C)C)c1. The number of rotatable bonds is 7. The van der Waals surface area contributed by atoms with E-state index < -0.39 is 24.6 Å². The van der Waals surface area contributed by atoms with E-state index >= 15 is 0 Å². The molecule has 2 rings (SSSR count). The monoisotopic (exact) mass is 398 g/mol. The minimum absolute atomic E-state index is 0.214. The molecule has 2 aromatic carbocycles. The van der Waals surface area contributed by atoms with Crippen molar-refractivity contribution in [2.24, 2.45) is 0 Å². The van der Waals surface area contributed by atoms with Gasteiger partial charge in [-0.15, -0.1) is 0 Å². The van der Waals surface area contributed by atoms with Crippen LogP contribution in [-0.2, 0) is 14.3 Å². The van der Waals surface area contributed by atoms with Gasteiger partial charge in [0.05, 0.1) is 12.2 Å². The summed E-state index contributed by atoms with van der Waals surface area (Å²) in [6.07, 6.45) is -0.614. The molecule has 0 aromatic heterocycles. The number of hydrogen-bond acceptors (Lipinski definition) is 5. The molecule has 0 spiro atoms. The number of amides is 2. The number of carbonyl (C=O) groups is 3. The van der Waals surface area contributed by atoms with Gasteiger partial charge in [0.2, 0.25) is 0 Å². The van der Waals surface area contributed by atoms with Crippen LogP contribution in [0.4, 0.5) is 16.2 Å². The Labute approximate surface area is 170 Å². The Morgan fingerprint density at radius 3 is 2.41 bits per heavy atom. The van der Waals surface area contributed by atoms with E-state index in [1.807, 2.05) is 39.0 Å². The van der Waals surface area contributed by atoms with Crippen LogP contribution in [0.2, 0.25) is 0 Å². The van der Waals surface area contributed by atoms with Gasteiger partial charge in [0, 0.05) is 11.4 Å². The Hall–Kier alpha value is -3.35. The first kappa shape index (κ1) is 21.9. The zero-order valence-corrected chi connectivity index (χ0v) is 17.1. The number of para-hydroxylation sites is 1. The van der Waals surface area contributed by atoms with E-state index in [9.17, 15) is 14.4 Å². The fourth-order valence-corrected chi connectivity index (χ4v) is 2.74. The second kappa shape index (κ2) is 10.3. The topological polar surface area (TPSA) is 93.7 Å². The fourth-order valence-electron chi connectivity index (χ4n) is 2.74. The minimum atomic E-state index is -0.665. The van der Waals surface area contributed by atoms with E-state index in [4.69, 9.17) is 9.47 Å². The number of anilines is 2. The quantitative estimate of drug-likeness (QED) is 0.671. The van der Waals surface area contributed by atoms with Crippen molar-refractivity contribution in [3.05, 3.63) is 59.2 Å². The van der Waals surface area contributed by atoms with Crippen molar-refractivity contribution in [1.29, 1.82) is 0 Å². The molecule has 0 atom stereocenters. The molecule has 0 fully saturated rings. The summed E-state index contributed by atoms with van der Waals surface area (Å²) in [7, 11) is 0. The van der Waals surface area contributed by atoms with Crippen LogP contribution in [0.5, 0.6) is 0 Å². The molecule has 0 aliphatic rings. The minimum Gasteiger partial charge on any atom is -0.452 e. The molecular formula is C22H26N2O5. The van der Waals surface area contributed by atoms with Crippen LogP contribution >= 0.6 is 0 Å². The Morgan fingerprint density at radius 1 is 1.00 bits per heavy atom. The molecule has 0 radical (unpaired) electrons. The van der Waals surface area contributed by atoms with E-state index in [1.165, 1.54) is 12.1 Å². The lowest BCUT2D eigenvalue weighted by molar-refractivity contribution is -0.119. The zero-order chi connectivity index (χ0) is 21.4. The molecule has 154 valence electrons. The van der Waals surface area contributed by atoms with E-state index in [0.29, 0.717) is 5.69 Å². The summed E-state index contributed by atoms with van der Waals surface area (Å²) in [4.78, 5) is 36.0. The lowest BCUT2D eigenvalue weighted by Crippen LogP contribution is -2.22. The highest BCUT2D eigenvalue weighted by molar-refractivity contribution is 5.97. The third-order valence-corrected chi connectivity index (χ3v) is 4.15. The van der Waals surface area contributed by atoms with Crippen molar-refractivity contribution in [1.82, 2.24) is 0 Å². The third-order valence-electron chi connectivity index (χ3n) is 4.15. The summed E-state index contributed by atoms with van der Waals surface area (Å²) in [5.74, 6) is -0.848. The number of aryl methyl sites for hydroxylation is 1. The van der Waals surface area contributed by atoms with Gasteiger partial charge in [0.25, 0.3) is 5.91 Å². The second-order valence-electron chi connectivity index (χ2n) is 6.74. The van der Waals surface area contributed by atoms with Gasteiger partial charge in [-0.3, -0.25) is 10.1 Å². The van der Waals surface area contributed by atoms with Gasteiger partial charge in [0.15, 0.2) is 6.61 Å². The standard InChI is InChI=1S/C22H26N2O5/c1-5-28-22(27)23-17-10-7-9-16(12-17)21(26)29-13-19(25)24-20-15(4)8-6-11-18(20)14(2)3/h6-12,14H,5,13H2,1-4H3,(H,23,27)(H,24,25). The van der Waals surface area contributed by atoms with Crippen molar-refractivity contribution in [2.45, 2.75) is 33.6 Å². The molecule has 7 heteroatoms.